The Labute approximate surface area is 193 Å². The summed E-state index contributed by atoms with van der Waals surface area (Å²) in [6, 6.07) is 9.39. The molecule has 2 fully saturated rings. The minimum Gasteiger partial charge on any atom is -0.466 e. The number of esters is 1. The molecule has 0 spiro atoms. The van der Waals surface area contributed by atoms with E-state index in [2.05, 4.69) is 11.1 Å². The molecule has 32 heavy (non-hydrogen) atoms. The largest absolute Gasteiger partial charge is 0.466 e. The second-order valence-corrected chi connectivity index (χ2v) is 9.22. The molecule has 0 radical (unpaired) electrons. The minimum atomic E-state index is -1.03. The summed E-state index contributed by atoms with van der Waals surface area (Å²) in [6.07, 6.45) is 7.93. The van der Waals surface area contributed by atoms with E-state index < -0.39 is 12.1 Å². The van der Waals surface area contributed by atoms with Gasteiger partial charge in [0, 0.05) is 21.9 Å². The maximum absolute atomic E-state index is 12.7. The van der Waals surface area contributed by atoms with Gasteiger partial charge in [0.1, 0.15) is 0 Å². The molecule has 170 valence electrons. The zero-order valence-electron chi connectivity index (χ0n) is 18.4. The van der Waals surface area contributed by atoms with Gasteiger partial charge in [-0.15, -0.1) is 0 Å². The van der Waals surface area contributed by atoms with Crippen molar-refractivity contribution in [1.29, 1.82) is 0 Å². The van der Waals surface area contributed by atoms with E-state index in [9.17, 15) is 14.7 Å². The van der Waals surface area contributed by atoms with Crippen molar-refractivity contribution < 1.29 is 14.6 Å². The molecule has 0 amide bonds. The summed E-state index contributed by atoms with van der Waals surface area (Å²) in [7, 11) is 0. The van der Waals surface area contributed by atoms with Gasteiger partial charge in [0.2, 0.25) is 0 Å². The lowest BCUT2D eigenvalue weighted by Crippen LogP contribution is -2.14. The first-order chi connectivity index (χ1) is 15.5. The second-order valence-electron chi connectivity index (χ2n) is 8.82. The molecule has 5 nitrogen and oxygen atoms in total. The highest BCUT2D eigenvalue weighted by atomic mass is 35.5. The van der Waals surface area contributed by atoms with Crippen LogP contribution in [0.1, 0.15) is 86.3 Å². The molecule has 1 atom stereocenters. The van der Waals surface area contributed by atoms with Crippen LogP contribution in [0.15, 0.2) is 41.2 Å². The SMILES string of the molecule is CCOC(=O)C[C@H](O)c1ccc(/C(=C\C2CCCC2)c2ccc(C3CC3)c(=O)[nH]2)cc1Cl. The second kappa shape index (κ2) is 10.1. The minimum absolute atomic E-state index is 0.0186. The van der Waals surface area contributed by atoms with E-state index in [1.807, 2.05) is 18.2 Å². The zero-order chi connectivity index (χ0) is 22.7. The number of rotatable bonds is 8. The molecule has 2 N–H and O–H groups in total. The Hall–Kier alpha value is -2.37. The van der Waals surface area contributed by atoms with Gasteiger partial charge in [-0.1, -0.05) is 48.7 Å². The average molecular weight is 456 g/mol. The predicted octanol–water partition coefficient (Wildman–Crippen LogP) is 5.51. The Kier molecular flexibility index (Phi) is 7.17. The Morgan fingerprint density at radius 3 is 2.59 bits per heavy atom. The molecular formula is C26H30ClNO4. The topological polar surface area (TPSA) is 79.4 Å². The highest BCUT2D eigenvalue weighted by molar-refractivity contribution is 6.31. The number of carbonyl (C=O) groups excluding carboxylic acids is 1. The molecule has 0 unspecified atom stereocenters. The van der Waals surface area contributed by atoms with Crippen LogP contribution >= 0.6 is 11.6 Å². The number of H-pyrrole nitrogens is 1. The lowest BCUT2D eigenvalue weighted by atomic mass is 9.94. The van der Waals surface area contributed by atoms with Crippen molar-refractivity contribution in [1.82, 2.24) is 4.98 Å². The number of nitrogens with one attached hydrogen (secondary N) is 1. The maximum Gasteiger partial charge on any atom is 0.308 e. The quantitative estimate of drug-likeness (QED) is 0.514. The van der Waals surface area contributed by atoms with Crippen molar-refractivity contribution in [2.24, 2.45) is 5.92 Å². The van der Waals surface area contributed by atoms with Crippen molar-refractivity contribution in [3.8, 4) is 0 Å². The van der Waals surface area contributed by atoms with Gasteiger partial charge in [-0.3, -0.25) is 9.59 Å². The molecular weight excluding hydrogens is 426 g/mol. The van der Waals surface area contributed by atoms with Crippen molar-refractivity contribution >= 4 is 23.1 Å². The number of hydrogen-bond acceptors (Lipinski definition) is 4. The molecule has 0 bridgehead atoms. The monoisotopic (exact) mass is 455 g/mol. The maximum atomic E-state index is 12.7. The molecule has 0 saturated heterocycles. The summed E-state index contributed by atoms with van der Waals surface area (Å²) in [5.74, 6) is 0.393. The number of halogens is 1. The fourth-order valence-corrected chi connectivity index (χ4v) is 4.82. The van der Waals surface area contributed by atoms with Crippen LogP contribution in [0.4, 0.5) is 0 Å². The lowest BCUT2D eigenvalue weighted by molar-refractivity contribution is -0.145. The predicted molar refractivity (Wildman–Crippen MR) is 126 cm³/mol. The molecule has 2 aliphatic carbocycles. The molecule has 0 aliphatic heterocycles. The van der Waals surface area contributed by atoms with Crippen LogP contribution in [-0.2, 0) is 9.53 Å². The molecule has 6 heteroatoms. The molecule has 1 aromatic carbocycles. The number of allylic oxidation sites excluding steroid dienone is 1. The van der Waals surface area contributed by atoms with Crippen LogP contribution < -0.4 is 5.56 Å². The van der Waals surface area contributed by atoms with Crippen molar-refractivity contribution in [3.05, 3.63) is 74.2 Å². The molecule has 2 saturated carbocycles. The van der Waals surface area contributed by atoms with Gasteiger partial charge in [0.15, 0.2) is 0 Å². The van der Waals surface area contributed by atoms with E-state index in [1.54, 1.807) is 19.1 Å². The Morgan fingerprint density at radius 1 is 1.22 bits per heavy atom. The number of aliphatic hydroxyl groups excluding tert-OH is 1. The number of pyridine rings is 1. The fraction of sp³-hybridized carbons (Fsp3) is 0.462. The van der Waals surface area contributed by atoms with E-state index in [1.165, 1.54) is 12.8 Å². The average Bonchev–Trinajstić information content (AvgIpc) is 3.46. The van der Waals surface area contributed by atoms with Gasteiger partial charge in [-0.25, -0.2) is 0 Å². The third-order valence-corrected chi connectivity index (χ3v) is 6.71. The Bertz CT molecular complexity index is 1060. The number of aromatic amines is 1. The summed E-state index contributed by atoms with van der Waals surface area (Å²) in [5.41, 5.74) is 3.94. The van der Waals surface area contributed by atoms with Gasteiger partial charge in [-0.05, 0) is 67.7 Å². The highest BCUT2D eigenvalue weighted by Crippen LogP contribution is 2.39. The number of hydrogen-bond donors (Lipinski definition) is 2. The van der Waals surface area contributed by atoms with Gasteiger partial charge < -0.3 is 14.8 Å². The van der Waals surface area contributed by atoms with E-state index in [0.717, 1.165) is 48.1 Å². The molecule has 1 aromatic heterocycles. The van der Waals surface area contributed by atoms with Gasteiger partial charge in [0.05, 0.1) is 19.1 Å². The smallest absolute Gasteiger partial charge is 0.308 e. The summed E-state index contributed by atoms with van der Waals surface area (Å²) < 4.78 is 4.93. The van der Waals surface area contributed by atoms with Crippen LogP contribution in [0, 0.1) is 5.92 Å². The first-order valence-electron chi connectivity index (χ1n) is 11.5. The van der Waals surface area contributed by atoms with Crippen LogP contribution in [-0.4, -0.2) is 22.7 Å². The molecule has 4 rings (SSSR count). The van der Waals surface area contributed by atoms with E-state index >= 15 is 0 Å². The van der Waals surface area contributed by atoms with Gasteiger partial charge in [0.25, 0.3) is 5.56 Å². The van der Waals surface area contributed by atoms with Crippen molar-refractivity contribution in [3.63, 3.8) is 0 Å². The van der Waals surface area contributed by atoms with Crippen LogP contribution in [0.2, 0.25) is 5.02 Å². The first kappa shape index (κ1) is 22.8. The Morgan fingerprint density at radius 2 is 1.97 bits per heavy atom. The first-order valence-corrected chi connectivity index (χ1v) is 11.9. The van der Waals surface area contributed by atoms with Crippen LogP contribution in [0.3, 0.4) is 0 Å². The van der Waals surface area contributed by atoms with E-state index in [-0.39, 0.29) is 18.6 Å². The molecule has 1 heterocycles. The normalized spacial score (nSPS) is 18.0. The standard InChI is InChI=1S/C26H30ClNO4/c1-2-32-25(30)15-24(29)20-10-9-18(14-22(20)27)21(13-16-5-3-4-6-16)23-12-11-19(17-7-8-17)26(31)28-23/h9-14,16-17,24,29H,2-8,15H2,1H3,(H,28,31)/b21-13+/t24-/m0/s1. The van der Waals surface area contributed by atoms with Crippen LogP contribution in [0.5, 0.6) is 0 Å². The number of benzene rings is 1. The number of ether oxygens (including phenoxy) is 1. The third kappa shape index (κ3) is 5.33. The summed E-state index contributed by atoms with van der Waals surface area (Å²) >= 11 is 6.53. The van der Waals surface area contributed by atoms with Gasteiger partial charge >= 0.3 is 5.97 Å². The molecule has 2 aromatic rings. The number of aliphatic hydroxyl groups is 1. The number of aromatic nitrogens is 1. The summed E-state index contributed by atoms with van der Waals surface area (Å²) in [5, 5.41) is 10.8. The molecule has 2 aliphatic rings. The summed E-state index contributed by atoms with van der Waals surface area (Å²) in [6.45, 7) is 2.00. The third-order valence-electron chi connectivity index (χ3n) is 6.39. The van der Waals surface area contributed by atoms with Gasteiger partial charge in [-0.2, -0.15) is 0 Å². The fourth-order valence-electron chi connectivity index (χ4n) is 4.51. The zero-order valence-corrected chi connectivity index (χ0v) is 19.2. The van der Waals surface area contributed by atoms with Crippen molar-refractivity contribution in [2.45, 2.75) is 63.9 Å². The van der Waals surface area contributed by atoms with Crippen molar-refractivity contribution in [2.75, 3.05) is 6.61 Å². The van der Waals surface area contributed by atoms with E-state index in [4.69, 9.17) is 16.3 Å². The lowest BCUT2D eigenvalue weighted by Gasteiger charge is -2.16. The van der Waals surface area contributed by atoms with E-state index in [0.29, 0.717) is 22.4 Å². The number of carbonyl (C=O) groups is 1. The van der Waals surface area contributed by atoms with Crippen LogP contribution in [0.25, 0.3) is 5.57 Å². The Balaban J connectivity index is 1.66. The summed E-state index contributed by atoms with van der Waals surface area (Å²) in [4.78, 5) is 27.5. The highest BCUT2D eigenvalue weighted by Gasteiger charge is 2.26.